The van der Waals surface area contributed by atoms with Crippen molar-refractivity contribution in [3.8, 4) is 12.3 Å². The minimum Gasteiger partial charge on any atom is -0.375 e. The van der Waals surface area contributed by atoms with E-state index in [4.69, 9.17) is 11.2 Å². The summed E-state index contributed by atoms with van der Waals surface area (Å²) in [4.78, 5) is 12.4. The summed E-state index contributed by atoms with van der Waals surface area (Å²) in [6, 6.07) is 7.35. The van der Waals surface area contributed by atoms with E-state index in [1.54, 1.807) is 0 Å². The average Bonchev–Trinajstić information content (AvgIpc) is 2.77. The topological polar surface area (TPSA) is 26.3 Å². The van der Waals surface area contributed by atoms with Crippen LogP contribution in [0.1, 0.15) is 41.6 Å². The number of benzene rings is 1. The number of terminal acetylenes is 1. The maximum Gasteiger partial charge on any atom is 0.166 e. The smallest absolute Gasteiger partial charge is 0.166 e. The van der Waals surface area contributed by atoms with Gasteiger partial charge >= 0.3 is 0 Å². The molecule has 0 spiro atoms. The van der Waals surface area contributed by atoms with Crippen molar-refractivity contribution in [2.75, 3.05) is 0 Å². The second kappa shape index (κ2) is 4.59. The minimum atomic E-state index is 0.132. The second-order valence-electron chi connectivity index (χ2n) is 5.21. The Balaban J connectivity index is 1.76. The molecule has 0 aromatic heterocycles. The van der Waals surface area contributed by atoms with Crippen LogP contribution in [0.5, 0.6) is 0 Å². The Hall–Kier alpha value is -1.59. The molecular weight excluding hydrogens is 224 g/mol. The van der Waals surface area contributed by atoms with Gasteiger partial charge < -0.3 is 4.74 Å². The van der Waals surface area contributed by atoms with Crippen LogP contribution in [-0.4, -0.2) is 18.0 Å². The summed E-state index contributed by atoms with van der Waals surface area (Å²) in [5.74, 6) is 2.95. The van der Waals surface area contributed by atoms with Gasteiger partial charge in [-0.05, 0) is 37.8 Å². The zero-order chi connectivity index (χ0) is 12.5. The normalized spacial score (nSPS) is 29.8. The number of ketones is 1. The molecule has 0 radical (unpaired) electrons. The molecule has 2 aliphatic heterocycles. The predicted octanol–water partition coefficient (Wildman–Crippen LogP) is 2.81. The van der Waals surface area contributed by atoms with E-state index in [0.29, 0.717) is 12.2 Å². The van der Waals surface area contributed by atoms with E-state index in [-0.39, 0.29) is 11.7 Å². The fraction of sp³-hybridized carbons (Fsp3) is 0.438. The quantitative estimate of drug-likeness (QED) is 0.587. The number of ether oxygens (including phenoxy) is 1. The van der Waals surface area contributed by atoms with Gasteiger partial charge in [-0.1, -0.05) is 18.1 Å². The zero-order valence-electron chi connectivity index (χ0n) is 10.3. The highest BCUT2D eigenvalue weighted by atomic mass is 16.5. The highest BCUT2D eigenvalue weighted by Gasteiger charge is 2.38. The number of carbonyl (C=O) groups is 1. The Kier molecular flexibility index (Phi) is 2.93. The van der Waals surface area contributed by atoms with E-state index in [0.717, 1.165) is 36.8 Å². The van der Waals surface area contributed by atoms with Crippen LogP contribution in [0.25, 0.3) is 0 Å². The van der Waals surface area contributed by atoms with Gasteiger partial charge in [-0.25, -0.2) is 0 Å². The van der Waals surface area contributed by atoms with Gasteiger partial charge in [0.2, 0.25) is 0 Å². The molecule has 2 heterocycles. The minimum absolute atomic E-state index is 0.132. The van der Waals surface area contributed by atoms with Gasteiger partial charge in [-0.2, -0.15) is 0 Å². The first-order chi connectivity index (χ1) is 8.76. The first-order valence-corrected chi connectivity index (χ1v) is 6.52. The Labute approximate surface area is 107 Å². The maximum atomic E-state index is 12.4. The molecule has 0 N–H and O–H groups in total. The van der Waals surface area contributed by atoms with E-state index in [2.05, 4.69) is 5.92 Å². The number of Topliss-reactive ketones (excluding diaryl/α,β-unsaturated/α-hetero) is 1. The van der Waals surface area contributed by atoms with Gasteiger partial charge in [-0.3, -0.25) is 4.79 Å². The third kappa shape index (κ3) is 2.07. The molecule has 2 heteroatoms. The number of carbonyl (C=O) groups excluding carboxylic acids is 1. The van der Waals surface area contributed by atoms with E-state index >= 15 is 0 Å². The third-order valence-electron chi connectivity index (χ3n) is 4.00. The maximum absolute atomic E-state index is 12.4. The van der Waals surface area contributed by atoms with Crippen LogP contribution in [0.15, 0.2) is 24.3 Å². The summed E-state index contributed by atoms with van der Waals surface area (Å²) < 4.78 is 5.77. The molecule has 2 nitrogen and oxygen atoms in total. The first kappa shape index (κ1) is 11.5. The molecule has 2 fully saturated rings. The van der Waals surface area contributed by atoms with E-state index in [1.807, 2.05) is 24.3 Å². The van der Waals surface area contributed by atoms with Crippen LogP contribution in [0, 0.1) is 18.3 Å². The largest absolute Gasteiger partial charge is 0.375 e. The second-order valence-corrected chi connectivity index (χ2v) is 5.21. The molecule has 2 aliphatic rings. The van der Waals surface area contributed by atoms with Crippen LogP contribution in [0.2, 0.25) is 0 Å². The van der Waals surface area contributed by atoms with Crippen molar-refractivity contribution < 1.29 is 9.53 Å². The highest BCUT2D eigenvalue weighted by molar-refractivity contribution is 5.98. The van der Waals surface area contributed by atoms with Gasteiger partial charge in [-0.15, -0.1) is 6.42 Å². The molecule has 2 unspecified atom stereocenters. The van der Waals surface area contributed by atoms with Crippen LogP contribution >= 0.6 is 0 Å². The molecule has 2 saturated heterocycles. The summed E-state index contributed by atoms with van der Waals surface area (Å²) in [6.07, 6.45) is 9.92. The van der Waals surface area contributed by atoms with Crippen LogP contribution < -0.4 is 0 Å². The van der Waals surface area contributed by atoms with Crippen molar-refractivity contribution in [1.29, 1.82) is 0 Å². The van der Waals surface area contributed by atoms with Crippen molar-refractivity contribution in [2.45, 2.75) is 37.9 Å². The number of hydrogen-bond donors (Lipinski definition) is 0. The number of fused-ring (bicyclic) bond motifs is 2. The highest BCUT2D eigenvalue weighted by Crippen LogP contribution is 2.37. The average molecular weight is 240 g/mol. The SMILES string of the molecule is C#Cc1ccc(C(=O)C2CC3CCC(C2)O3)cc1. The van der Waals surface area contributed by atoms with E-state index < -0.39 is 0 Å². The van der Waals surface area contributed by atoms with Crippen molar-refractivity contribution in [2.24, 2.45) is 5.92 Å². The fourth-order valence-corrected chi connectivity index (χ4v) is 3.04. The van der Waals surface area contributed by atoms with Gasteiger partial charge in [0.1, 0.15) is 0 Å². The Morgan fingerprint density at radius 3 is 2.33 bits per heavy atom. The first-order valence-electron chi connectivity index (χ1n) is 6.52. The summed E-state index contributed by atoms with van der Waals surface area (Å²) in [6.45, 7) is 0. The Bertz CT molecular complexity index is 483. The van der Waals surface area contributed by atoms with Gasteiger partial charge in [0.25, 0.3) is 0 Å². The lowest BCUT2D eigenvalue weighted by atomic mass is 9.88. The Morgan fingerprint density at radius 2 is 1.78 bits per heavy atom. The molecule has 0 amide bonds. The summed E-state index contributed by atoms with van der Waals surface area (Å²) in [5, 5.41) is 0. The molecular formula is C16H16O2. The van der Waals surface area contributed by atoms with Crippen molar-refractivity contribution in [1.82, 2.24) is 0 Å². The third-order valence-corrected chi connectivity index (χ3v) is 4.00. The van der Waals surface area contributed by atoms with Crippen molar-refractivity contribution >= 4 is 5.78 Å². The molecule has 3 rings (SSSR count). The molecule has 0 aliphatic carbocycles. The van der Waals surface area contributed by atoms with Crippen LogP contribution in [-0.2, 0) is 4.74 Å². The fourth-order valence-electron chi connectivity index (χ4n) is 3.04. The summed E-state index contributed by atoms with van der Waals surface area (Å²) in [7, 11) is 0. The molecule has 1 aromatic carbocycles. The number of hydrogen-bond acceptors (Lipinski definition) is 2. The summed E-state index contributed by atoms with van der Waals surface area (Å²) in [5.41, 5.74) is 1.60. The predicted molar refractivity (Wildman–Crippen MR) is 69.3 cm³/mol. The van der Waals surface area contributed by atoms with Crippen LogP contribution in [0.4, 0.5) is 0 Å². The standard InChI is InChI=1S/C16H16O2/c1-2-11-3-5-12(6-4-11)16(17)13-9-14-7-8-15(10-13)18-14/h1,3-6,13-15H,7-10H2. The molecule has 92 valence electrons. The van der Waals surface area contributed by atoms with Crippen molar-refractivity contribution in [3.63, 3.8) is 0 Å². The van der Waals surface area contributed by atoms with Gasteiger partial charge in [0.15, 0.2) is 5.78 Å². The molecule has 2 atom stereocenters. The van der Waals surface area contributed by atoms with Crippen LogP contribution in [0.3, 0.4) is 0 Å². The lowest BCUT2D eigenvalue weighted by Crippen LogP contribution is -2.30. The monoisotopic (exact) mass is 240 g/mol. The van der Waals surface area contributed by atoms with E-state index in [9.17, 15) is 4.79 Å². The lowest BCUT2D eigenvalue weighted by Gasteiger charge is -2.27. The molecule has 0 saturated carbocycles. The molecule has 2 bridgehead atoms. The number of rotatable bonds is 2. The van der Waals surface area contributed by atoms with E-state index in [1.165, 1.54) is 0 Å². The lowest BCUT2D eigenvalue weighted by molar-refractivity contribution is -0.0149. The molecule has 1 aromatic rings. The molecule has 18 heavy (non-hydrogen) atoms. The van der Waals surface area contributed by atoms with Gasteiger partial charge in [0.05, 0.1) is 12.2 Å². The summed E-state index contributed by atoms with van der Waals surface area (Å²) >= 11 is 0. The Morgan fingerprint density at radius 1 is 1.17 bits per heavy atom. The van der Waals surface area contributed by atoms with Crippen molar-refractivity contribution in [3.05, 3.63) is 35.4 Å². The zero-order valence-corrected chi connectivity index (χ0v) is 10.3. The van der Waals surface area contributed by atoms with Gasteiger partial charge in [0, 0.05) is 17.0 Å².